The first-order valence-corrected chi connectivity index (χ1v) is 4.99. The highest BCUT2D eigenvalue weighted by Gasteiger charge is 2.22. The molecule has 2 aliphatic rings. The van der Waals surface area contributed by atoms with Crippen molar-refractivity contribution in [2.45, 2.75) is 44.7 Å². The zero-order valence-electron chi connectivity index (χ0n) is 7.72. The number of hydrogen-bond donors (Lipinski definition) is 1. The van der Waals surface area contributed by atoms with Crippen molar-refractivity contribution in [2.24, 2.45) is 0 Å². The molecule has 0 aromatic heterocycles. The Kier molecular flexibility index (Phi) is 2.31. The van der Waals surface area contributed by atoms with Gasteiger partial charge in [-0.2, -0.15) is 0 Å². The first-order valence-electron chi connectivity index (χ1n) is 4.99. The highest BCUT2D eigenvalue weighted by Crippen LogP contribution is 2.22. The Morgan fingerprint density at radius 3 is 2.83 bits per heavy atom. The molecule has 12 heavy (non-hydrogen) atoms. The highest BCUT2D eigenvalue weighted by atomic mass is 15.0. The van der Waals surface area contributed by atoms with Crippen molar-refractivity contribution < 1.29 is 0 Å². The molecule has 66 valence electrons. The van der Waals surface area contributed by atoms with E-state index in [1.807, 2.05) is 0 Å². The van der Waals surface area contributed by atoms with Crippen molar-refractivity contribution in [1.82, 2.24) is 5.32 Å². The Labute approximate surface area is 74.5 Å². The van der Waals surface area contributed by atoms with Gasteiger partial charge >= 0.3 is 0 Å². The van der Waals surface area contributed by atoms with Gasteiger partial charge in [0.25, 0.3) is 0 Å². The molecule has 1 N–H and O–H groups in total. The molecule has 1 heterocycles. The molecule has 1 aliphatic carbocycles. The van der Waals surface area contributed by atoms with Gasteiger partial charge in [-0.3, -0.25) is 0 Å². The van der Waals surface area contributed by atoms with E-state index in [4.69, 9.17) is 0 Å². The number of allylic oxidation sites excluding steroid dienone is 2. The standard InChI is InChI=1S/C11H17N/c1-9-7-8-11(12-9)10-5-3-2-4-6-10/h3,5-6,9,11-12H,2,4,7-8H2,1H3. The molecule has 0 bridgehead atoms. The van der Waals surface area contributed by atoms with E-state index < -0.39 is 0 Å². The summed E-state index contributed by atoms with van der Waals surface area (Å²) >= 11 is 0. The molecular weight excluding hydrogens is 146 g/mol. The van der Waals surface area contributed by atoms with Gasteiger partial charge in [-0.25, -0.2) is 0 Å². The minimum atomic E-state index is 0.650. The average Bonchev–Trinajstić information content (AvgIpc) is 2.54. The van der Waals surface area contributed by atoms with Gasteiger partial charge in [-0.1, -0.05) is 18.2 Å². The van der Waals surface area contributed by atoms with Crippen LogP contribution in [0, 0.1) is 0 Å². The van der Waals surface area contributed by atoms with Crippen molar-refractivity contribution in [3.8, 4) is 0 Å². The van der Waals surface area contributed by atoms with Crippen LogP contribution in [0.2, 0.25) is 0 Å². The lowest BCUT2D eigenvalue weighted by Gasteiger charge is -2.15. The van der Waals surface area contributed by atoms with Crippen molar-refractivity contribution in [1.29, 1.82) is 0 Å². The fourth-order valence-corrected chi connectivity index (χ4v) is 2.08. The predicted octanol–water partition coefficient (Wildman–Crippen LogP) is 2.40. The zero-order valence-corrected chi connectivity index (χ0v) is 7.72. The summed E-state index contributed by atoms with van der Waals surface area (Å²) in [6.45, 7) is 2.27. The molecule has 1 aliphatic heterocycles. The molecule has 0 aromatic carbocycles. The second-order valence-electron chi connectivity index (χ2n) is 3.88. The van der Waals surface area contributed by atoms with Gasteiger partial charge in [0.1, 0.15) is 0 Å². The van der Waals surface area contributed by atoms with Crippen LogP contribution in [0.15, 0.2) is 23.8 Å². The molecule has 0 aromatic rings. The third-order valence-electron chi connectivity index (χ3n) is 2.80. The molecule has 0 spiro atoms. The van der Waals surface area contributed by atoms with Crippen LogP contribution in [0.4, 0.5) is 0 Å². The average molecular weight is 163 g/mol. The minimum Gasteiger partial charge on any atom is -0.307 e. The van der Waals surface area contributed by atoms with Gasteiger partial charge in [0.15, 0.2) is 0 Å². The molecule has 1 saturated heterocycles. The highest BCUT2D eigenvalue weighted by molar-refractivity contribution is 5.28. The van der Waals surface area contributed by atoms with Crippen LogP contribution in [0.3, 0.4) is 0 Å². The largest absolute Gasteiger partial charge is 0.307 e. The molecule has 1 fully saturated rings. The van der Waals surface area contributed by atoms with Crippen LogP contribution in [0.25, 0.3) is 0 Å². The fourth-order valence-electron chi connectivity index (χ4n) is 2.08. The summed E-state index contributed by atoms with van der Waals surface area (Å²) in [7, 11) is 0. The summed E-state index contributed by atoms with van der Waals surface area (Å²) in [5.74, 6) is 0. The third-order valence-corrected chi connectivity index (χ3v) is 2.80. The maximum absolute atomic E-state index is 3.60. The Balaban J connectivity index is 2.00. The van der Waals surface area contributed by atoms with Crippen LogP contribution >= 0.6 is 0 Å². The normalized spacial score (nSPS) is 35.2. The van der Waals surface area contributed by atoms with E-state index >= 15 is 0 Å². The smallest absolute Gasteiger partial charge is 0.0319 e. The first-order chi connectivity index (χ1) is 5.86. The van der Waals surface area contributed by atoms with E-state index in [0.29, 0.717) is 12.1 Å². The topological polar surface area (TPSA) is 12.0 Å². The van der Waals surface area contributed by atoms with Crippen LogP contribution in [0.1, 0.15) is 32.6 Å². The zero-order chi connectivity index (χ0) is 8.39. The summed E-state index contributed by atoms with van der Waals surface area (Å²) in [5, 5.41) is 3.60. The first kappa shape index (κ1) is 8.06. The van der Waals surface area contributed by atoms with Crippen LogP contribution in [0.5, 0.6) is 0 Å². The molecular formula is C11H17N. The van der Waals surface area contributed by atoms with Crippen LogP contribution < -0.4 is 5.32 Å². The summed E-state index contributed by atoms with van der Waals surface area (Å²) in [4.78, 5) is 0. The lowest BCUT2D eigenvalue weighted by molar-refractivity contribution is 0.614. The van der Waals surface area contributed by atoms with Gasteiger partial charge in [0.2, 0.25) is 0 Å². The predicted molar refractivity (Wildman–Crippen MR) is 52.1 cm³/mol. The maximum atomic E-state index is 3.60. The fraction of sp³-hybridized carbons (Fsp3) is 0.636. The second-order valence-corrected chi connectivity index (χ2v) is 3.88. The molecule has 1 heteroatoms. The molecule has 2 atom stereocenters. The maximum Gasteiger partial charge on any atom is 0.0319 e. The van der Waals surface area contributed by atoms with Gasteiger partial charge in [0.05, 0.1) is 0 Å². The van der Waals surface area contributed by atoms with E-state index in [1.165, 1.54) is 31.3 Å². The van der Waals surface area contributed by atoms with Gasteiger partial charge in [0, 0.05) is 12.1 Å². The lowest BCUT2D eigenvalue weighted by Crippen LogP contribution is -2.28. The quantitative estimate of drug-likeness (QED) is 0.626. The summed E-state index contributed by atoms with van der Waals surface area (Å²) < 4.78 is 0. The van der Waals surface area contributed by atoms with Crippen molar-refractivity contribution >= 4 is 0 Å². The summed E-state index contributed by atoms with van der Waals surface area (Å²) in [5.41, 5.74) is 1.52. The molecule has 0 radical (unpaired) electrons. The van der Waals surface area contributed by atoms with Gasteiger partial charge < -0.3 is 5.32 Å². The van der Waals surface area contributed by atoms with Crippen molar-refractivity contribution in [3.63, 3.8) is 0 Å². The second kappa shape index (κ2) is 3.44. The van der Waals surface area contributed by atoms with Crippen LogP contribution in [-0.2, 0) is 0 Å². The molecule has 2 rings (SSSR count). The van der Waals surface area contributed by atoms with Crippen molar-refractivity contribution in [2.75, 3.05) is 0 Å². The number of hydrogen-bond acceptors (Lipinski definition) is 1. The van der Waals surface area contributed by atoms with Gasteiger partial charge in [-0.05, 0) is 38.2 Å². The Morgan fingerprint density at radius 1 is 1.33 bits per heavy atom. The molecule has 0 amide bonds. The van der Waals surface area contributed by atoms with Crippen molar-refractivity contribution in [3.05, 3.63) is 23.8 Å². The molecule has 2 unspecified atom stereocenters. The Bertz CT molecular complexity index is 215. The summed E-state index contributed by atoms with van der Waals surface area (Å²) in [6.07, 6.45) is 12.1. The number of rotatable bonds is 1. The summed E-state index contributed by atoms with van der Waals surface area (Å²) in [6, 6.07) is 1.36. The Hall–Kier alpha value is -0.560. The van der Waals surface area contributed by atoms with E-state index in [2.05, 4.69) is 30.5 Å². The molecule has 0 saturated carbocycles. The van der Waals surface area contributed by atoms with E-state index in [9.17, 15) is 0 Å². The van der Waals surface area contributed by atoms with E-state index in [-0.39, 0.29) is 0 Å². The Morgan fingerprint density at radius 2 is 2.25 bits per heavy atom. The monoisotopic (exact) mass is 163 g/mol. The van der Waals surface area contributed by atoms with E-state index in [1.54, 1.807) is 0 Å². The SMILES string of the molecule is CC1CCC(C2=CCCC=C2)N1. The number of nitrogens with one attached hydrogen (secondary N) is 1. The minimum absolute atomic E-state index is 0.650. The van der Waals surface area contributed by atoms with Gasteiger partial charge in [-0.15, -0.1) is 0 Å². The van der Waals surface area contributed by atoms with E-state index in [0.717, 1.165) is 0 Å². The van der Waals surface area contributed by atoms with Crippen LogP contribution in [-0.4, -0.2) is 12.1 Å². The molecule has 1 nitrogen and oxygen atoms in total. The third kappa shape index (κ3) is 1.61. The lowest BCUT2D eigenvalue weighted by atomic mass is 9.99.